The average molecular weight is 564 g/mol. The molecule has 0 atom stereocenters. The summed E-state index contributed by atoms with van der Waals surface area (Å²) >= 11 is 0. The number of aromatic nitrogens is 5. The molecule has 6 nitrogen and oxygen atoms in total. The molecule has 0 aliphatic rings. The Hall–Kier alpha value is -5.23. The van der Waals surface area contributed by atoms with Crippen LogP contribution in [0.2, 0.25) is 0 Å². The Balaban J connectivity index is 1.41. The fourth-order valence-electron chi connectivity index (χ4n) is 5.88. The summed E-state index contributed by atoms with van der Waals surface area (Å²) in [4.78, 5) is 10.1. The van der Waals surface area contributed by atoms with Crippen LogP contribution in [-0.4, -0.2) is 24.3 Å². The number of fused-ring (bicyclic) bond motifs is 3. The third-order valence-corrected chi connectivity index (χ3v) is 7.92. The molecule has 4 heterocycles. The highest BCUT2D eigenvalue weighted by atomic mass is 16.5. The molecule has 0 bridgehead atoms. The number of rotatable bonds is 7. The maximum Gasteiger partial charge on any atom is 0.147 e. The Labute approximate surface area is 251 Å². The molecule has 0 unspecified atom stereocenters. The van der Waals surface area contributed by atoms with Gasteiger partial charge in [0.2, 0.25) is 0 Å². The molecule has 212 valence electrons. The molecule has 0 spiro atoms. The first kappa shape index (κ1) is 26.7. The lowest BCUT2D eigenvalue weighted by molar-refractivity contribution is 0.483. The zero-order valence-electron chi connectivity index (χ0n) is 24.8. The second kappa shape index (κ2) is 10.9. The second-order valence-electron chi connectivity index (χ2n) is 11.4. The van der Waals surface area contributed by atoms with Crippen LogP contribution in [0, 0.1) is 0 Å². The van der Waals surface area contributed by atoms with Gasteiger partial charge in [0.1, 0.15) is 23.0 Å². The summed E-state index contributed by atoms with van der Waals surface area (Å²) in [6.07, 6.45) is 5.51. The normalized spacial score (nSPS) is 11.7. The molecule has 0 aliphatic carbocycles. The molecule has 43 heavy (non-hydrogen) atoms. The van der Waals surface area contributed by atoms with E-state index in [0.29, 0.717) is 11.8 Å². The van der Waals surface area contributed by atoms with Crippen molar-refractivity contribution in [2.75, 3.05) is 0 Å². The summed E-state index contributed by atoms with van der Waals surface area (Å²) in [7, 11) is 0. The Bertz CT molecular complexity index is 2030. The van der Waals surface area contributed by atoms with Crippen molar-refractivity contribution in [3.05, 3.63) is 127 Å². The van der Waals surface area contributed by atoms with Crippen molar-refractivity contribution in [2.24, 2.45) is 0 Å². The van der Waals surface area contributed by atoms with Crippen LogP contribution >= 0.6 is 0 Å². The highest BCUT2D eigenvalue weighted by Gasteiger charge is 2.20. The predicted octanol–water partition coefficient (Wildman–Crippen LogP) is 9.47. The van der Waals surface area contributed by atoms with Crippen LogP contribution in [0.25, 0.3) is 44.7 Å². The predicted molar refractivity (Wildman–Crippen MR) is 174 cm³/mol. The molecular formula is C37H33N5O. The molecule has 0 amide bonds. The molecule has 0 N–H and O–H groups in total. The monoisotopic (exact) mass is 563 g/mol. The van der Waals surface area contributed by atoms with E-state index in [4.69, 9.17) is 14.7 Å². The molecule has 6 heteroatoms. The highest BCUT2D eigenvalue weighted by molar-refractivity contribution is 6.08. The van der Waals surface area contributed by atoms with E-state index in [0.717, 1.165) is 50.6 Å². The summed E-state index contributed by atoms with van der Waals surface area (Å²) < 4.78 is 10.4. The van der Waals surface area contributed by atoms with Crippen molar-refractivity contribution in [2.45, 2.75) is 39.5 Å². The quantitative estimate of drug-likeness (QED) is 0.194. The van der Waals surface area contributed by atoms with E-state index < -0.39 is 0 Å². The Morgan fingerprint density at radius 1 is 0.674 bits per heavy atom. The van der Waals surface area contributed by atoms with Gasteiger partial charge in [-0.15, -0.1) is 0 Å². The second-order valence-corrected chi connectivity index (χ2v) is 11.4. The van der Waals surface area contributed by atoms with Crippen molar-refractivity contribution < 1.29 is 4.74 Å². The maximum atomic E-state index is 6.39. The van der Waals surface area contributed by atoms with Gasteiger partial charge in [-0.05, 0) is 77.6 Å². The van der Waals surface area contributed by atoms with Gasteiger partial charge in [-0.25, -0.2) is 14.6 Å². The van der Waals surface area contributed by atoms with E-state index in [1.807, 2.05) is 71.7 Å². The number of pyridine rings is 2. The average Bonchev–Trinajstić information content (AvgIpc) is 3.67. The van der Waals surface area contributed by atoms with Crippen molar-refractivity contribution in [3.8, 4) is 34.3 Å². The Morgan fingerprint density at radius 2 is 1.44 bits per heavy atom. The van der Waals surface area contributed by atoms with Crippen LogP contribution in [-0.2, 0) is 0 Å². The van der Waals surface area contributed by atoms with E-state index in [1.165, 1.54) is 16.7 Å². The zero-order chi connectivity index (χ0) is 29.5. The third-order valence-electron chi connectivity index (χ3n) is 7.92. The molecule has 0 saturated heterocycles. The largest absolute Gasteiger partial charge is 0.457 e. The van der Waals surface area contributed by atoms with Crippen molar-refractivity contribution in [3.63, 3.8) is 0 Å². The number of hydrogen-bond donors (Lipinski definition) is 0. The van der Waals surface area contributed by atoms with Gasteiger partial charge >= 0.3 is 0 Å². The van der Waals surface area contributed by atoms with Gasteiger partial charge in [-0.1, -0.05) is 58.0 Å². The van der Waals surface area contributed by atoms with Crippen molar-refractivity contribution in [1.29, 1.82) is 0 Å². The van der Waals surface area contributed by atoms with E-state index in [1.54, 1.807) is 6.20 Å². The van der Waals surface area contributed by atoms with Crippen LogP contribution in [0.3, 0.4) is 0 Å². The highest BCUT2D eigenvalue weighted by Crippen LogP contribution is 2.39. The van der Waals surface area contributed by atoms with Crippen molar-refractivity contribution >= 4 is 21.9 Å². The lowest BCUT2D eigenvalue weighted by atomic mass is 9.87. The van der Waals surface area contributed by atoms with Gasteiger partial charge in [0.15, 0.2) is 0 Å². The minimum Gasteiger partial charge on any atom is -0.457 e. The first-order valence-electron chi connectivity index (χ1n) is 14.8. The van der Waals surface area contributed by atoms with E-state index in [2.05, 4.69) is 79.8 Å². The van der Waals surface area contributed by atoms with Gasteiger partial charge in [-0.3, -0.25) is 4.57 Å². The van der Waals surface area contributed by atoms with E-state index in [-0.39, 0.29) is 0 Å². The first-order valence-corrected chi connectivity index (χ1v) is 14.8. The van der Waals surface area contributed by atoms with Gasteiger partial charge in [0.05, 0.1) is 16.9 Å². The fraction of sp³-hybridized carbons (Fsp3) is 0.162. The minimum atomic E-state index is 0.374. The number of hydrogen-bond acceptors (Lipinski definition) is 4. The molecule has 7 aromatic rings. The summed E-state index contributed by atoms with van der Waals surface area (Å²) in [5.74, 6) is 3.03. The Morgan fingerprint density at radius 3 is 2.16 bits per heavy atom. The molecule has 0 aliphatic heterocycles. The summed E-state index contributed by atoms with van der Waals surface area (Å²) in [5.41, 5.74) is 7.63. The zero-order valence-corrected chi connectivity index (χ0v) is 24.8. The third kappa shape index (κ3) is 4.85. The Kier molecular flexibility index (Phi) is 6.74. The van der Waals surface area contributed by atoms with Crippen LogP contribution in [0.5, 0.6) is 11.5 Å². The van der Waals surface area contributed by atoms with Crippen molar-refractivity contribution in [1.82, 2.24) is 24.3 Å². The van der Waals surface area contributed by atoms with Crippen LogP contribution < -0.4 is 4.74 Å². The lowest BCUT2D eigenvalue weighted by Gasteiger charge is -2.19. The summed E-state index contributed by atoms with van der Waals surface area (Å²) in [5, 5.41) is 6.52. The molecule has 0 saturated carbocycles. The molecule has 0 fully saturated rings. The van der Waals surface area contributed by atoms with Crippen LogP contribution in [0.1, 0.15) is 50.7 Å². The van der Waals surface area contributed by atoms with Crippen LogP contribution in [0.15, 0.2) is 116 Å². The number of nitrogens with zero attached hydrogens (tertiary/aromatic N) is 5. The van der Waals surface area contributed by atoms with E-state index in [9.17, 15) is 0 Å². The number of benzene rings is 3. The van der Waals surface area contributed by atoms with Gasteiger partial charge in [0, 0.05) is 47.1 Å². The maximum absolute atomic E-state index is 6.39. The molecule has 7 rings (SSSR count). The summed E-state index contributed by atoms with van der Waals surface area (Å²) in [6, 6.07) is 33.0. The molecule has 3 aromatic carbocycles. The van der Waals surface area contributed by atoms with E-state index >= 15 is 0 Å². The molecule has 4 aromatic heterocycles. The van der Waals surface area contributed by atoms with Gasteiger partial charge < -0.3 is 4.74 Å². The lowest BCUT2D eigenvalue weighted by Crippen LogP contribution is -2.02. The van der Waals surface area contributed by atoms with Gasteiger partial charge in [0.25, 0.3) is 0 Å². The topological polar surface area (TPSA) is 57.8 Å². The smallest absolute Gasteiger partial charge is 0.147 e. The fourth-order valence-corrected chi connectivity index (χ4v) is 5.88. The minimum absolute atomic E-state index is 0.374. The van der Waals surface area contributed by atoms with Gasteiger partial charge in [-0.2, -0.15) is 5.10 Å². The first-order chi connectivity index (χ1) is 21.0. The SMILES string of the molecule is CC(C)c1cccc(C(C)C)c1-c1ccc2c3ccc(Oc4cccc(-n5cccn5)c4)cc3n(-c3ccccn3)c2n1. The molecular weight excluding hydrogens is 530 g/mol. The number of ether oxygens (including phenoxy) is 1. The summed E-state index contributed by atoms with van der Waals surface area (Å²) in [6.45, 7) is 8.99. The molecule has 0 radical (unpaired) electrons. The van der Waals surface area contributed by atoms with Crippen LogP contribution in [0.4, 0.5) is 0 Å². The standard InChI is InChI=1S/C37H33N5O/c1-24(2)29-12-8-13-30(25(3)4)36(29)33-18-17-32-31-16-15-28(43-27-11-7-10-26(22-27)41-21-9-20-39-41)23-34(31)42(37(32)40-33)35-14-5-6-19-38-35/h5-25H,1-4H3.